The summed E-state index contributed by atoms with van der Waals surface area (Å²) in [5.74, 6) is -3.08. The van der Waals surface area contributed by atoms with Crippen LogP contribution in [0, 0.1) is 24.4 Å². The first kappa shape index (κ1) is 19.5. The summed E-state index contributed by atoms with van der Waals surface area (Å²) in [5, 5.41) is 0. The van der Waals surface area contributed by atoms with Crippen LogP contribution in [0.25, 0.3) is 0 Å². The van der Waals surface area contributed by atoms with E-state index in [4.69, 9.17) is 31.2 Å². The van der Waals surface area contributed by atoms with Gasteiger partial charge in [0.25, 0.3) is 0 Å². The van der Waals surface area contributed by atoms with Crippen molar-refractivity contribution in [3.63, 3.8) is 0 Å². The Morgan fingerprint density at radius 2 is 1.68 bits per heavy atom. The maximum atomic E-state index is 13.4. The molecule has 1 nitrogen and oxygen atoms in total. The quantitative estimate of drug-likeness (QED) is 0.372. The zero-order valence-electron chi connectivity index (χ0n) is 11.2. The molecule has 2 aromatic carbocycles. The van der Waals surface area contributed by atoms with E-state index in [2.05, 4.69) is 4.99 Å². The van der Waals surface area contributed by atoms with E-state index in [9.17, 15) is 13.2 Å². The average molecular weight is 399 g/mol. The Hall–Kier alpha value is -0.586. The molecule has 0 heterocycles. The summed E-state index contributed by atoms with van der Waals surface area (Å²) in [4.78, 5) is 4.27. The molecule has 22 heavy (non-hydrogen) atoms. The third kappa shape index (κ3) is 5.56. The Labute approximate surface area is 148 Å². The Morgan fingerprint density at radius 1 is 1.14 bits per heavy atom. The summed E-state index contributed by atoms with van der Waals surface area (Å²) in [5.41, 5.74) is 0.925. The number of nitrogens with zero attached hydrogens (tertiary/aromatic N) is 1. The number of halogens is 5. The van der Waals surface area contributed by atoms with Crippen molar-refractivity contribution in [2.45, 2.75) is 11.8 Å². The van der Waals surface area contributed by atoms with Gasteiger partial charge in [-0.3, -0.25) is 4.99 Å². The van der Waals surface area contributed by atoms with Gasteiger partial charge in [-0.1, -0.05) is 23.8 Å². The van der Waals surface area contributed by atoms with E-state index in [1.807, 2.05) is 13.0 Å². The first-order valence-electron chi connectivity index (χ1n) is 5.82. The number of rotatable bonds is 2. The van der Waals surface area contributed by atoms with Crippen LogP contribution in [0.4, 0.5) is 18.9 Å². The molecule has 0 unspecified atom stereocenters. The Kier molecular flexibility index (Phi) is 8.43. The normalized spacial score (nSPS) is 10.3. The van der Waals surface area contributed by atoms with Gasteiger partial charge in [-0.05, 0) is 12.5 Å². The van der Waals surface area contributed by atoms with Crippen LogP contribution in [-0.2, 0) is 29.7 Å². The molecule has 8 heteroatoms. The SMILES string of the molecule is Cc1cccc(C=Nc2c(F)cc(F)cc2F)c1[S-].[Cl][Ti][Cl]. The van der Waals surface area contributed by atoms with Crippen LogP contribution in [-0.4, -0.2) is 6.21 Å². The Balaban J connectivity index is 0.000000745. The van der Waals surface area contributed by atoms with Gasteiger partial charge in [0.2, 0.25) is 0 Å². The average Bonchev–Trinajstić information content (AvgIpc) is 2.43. The van der Waals surface area contributed by atoms with E-state index in [1.165, 1.54) is 6.21 Å². The topological polar surface area (TPSA) is 12.4 Å². The van der Waals surface area contributed by atoms with Crippen molar-refractivity contribution >= 4 is 43.1 Å². The predicted molar refractivity (Wildman–Crippen MR) is 82.1 cm³/mol. The molecule has 0 N–H and O–H groups in total. The van der Waals surface area contributed by atoms with Crippen molar-refractivity contribution in [1.82, 2.24) is 0 Å². The molecule has 0 aromatic heterocycles. The zero-order valence-corrected chi connectivity index (χ0v) is 15.1. The van der Waals surface area contributed by atoms with Crippen molar-refractivity contribution in [1.29, 1.82) is 0 Å². The van der Waals surface area contributed by atoms with Crippen LogP contribution < -0.4 is 0 Å². The van der Waals surface area contributed by atoms with Crippen LogP contribution >= 0.6 is 18.6 Å². The standard InChI is InChI=1S/C14H10F3NS.2ClH.Ti/c1-8-3-2-4-9(14(8)19)7-18-13-11(16)5-10(15)6-12(13)17;;;/h2-7,19H,1H3;2*1H;/q;;;+2/p-3. The van der Waals surface area contributed by atoms with E-state index < -0.39 is 40.2 Å². The number of hydrogen-bond acceptors (Lipinski definition) is 2. The van der Waals surface area contributed by atoms with Crippen LogP contribution in [0.3, 0.4) is 0 Å². The van der Waals surface area contributed by atoms with E-state index in [1.54, 1.807) is 12.1 Å². The molecule has 0 amide bonds. The molecule has 0 aliphatic carbocycles. The fraction of sp³-hybridized carbons (Fsp3) is 0.0714. The van der Waals surface area contributed by atoms with Gasteiger partial charge in [-0.2, -0.15) is 4.90 Å². The number of hydrogen-bond donors (Lipinski definition) is 0. The summed E-state index contributed by atoms with van der Waals surface area (Å²) in [6.45, 7) is 1.83. The number of benzene rings is 2. The molecule has 0 radical (unpaired) electrons. The molecule has 0 saturated carbocycles. The molecule has 0 aliphatic rings. The maximum absolute atomic E-state index is 13.4. The van der Waals surface area contributed by atoms with Gasteiger partial charge in [0.1, 0.15) is 11.5 Å². The summed E-state index contributed by atoms with van der Waals surface area (Å²) >= 11 is 4.60. The second-order valence-electron chi connectivity index (χ2n) is 4.04. The van der Waals surface area contributed by atoms with Crippen molar-refractivity contribution in [2.24, 2.45) is 4.99 Å². The number of aliphatic imine (C=N–C) groups is 1. The van der Waals surface area contributed by atoms with Crippen molar-refractivity contribution in [2.75, 3.05) is 0 Å². The first-order valence-corrected chi connectivity index (χ1v) is 10.5. The Morgan fingerprint density at radius 3 is 2.23 bits per heavy atom. The van der Waals surface area contributed by atoms with Gasteiger partial charge < -0.3 is 12.6 Å². The first-order chi connectivity index (χ1) is 10.4. The minimum absolute atomic E-state index is 0.530. The van der Waals surface area contributed by atoms with E-state index >= 15 is 0 Å². The van der Waals surface area contributed by atoms with Crippen LogP contribution in [0.1, 0.15) is 11.1 Å². The van der Waals surface area contributed by atoms with E-state index in [0.29, 0.717) is 22.6 Å². The Bertz CT molecular complexity index is 660. The predicted octanol–water partition coefficient (Wildman–Crippen LogP) is 5.45. The second-order valence-corrected chi connectivity index (χ2v) is 7.03. The summed E-state index contributed by atoms with van der Waals surface area (Å²) in [6.07, 6.45) is 1.27. The van der Waals surface area contributed by atoms with Gasteiger partial charge in [0.15, 0.2) is 11.6 Å². The minimum atomic E-state index is -1.05. The van der Waals surface area contributed by atoms with Gasteiger partial charge in [-0.25, -0.2) is 13.2 Å². The molecule has 0 spiro atoms. The fourth-order valence-electron chi connectivity index (χ4n) is 1.57. The molecular formula is C14H9Cl2F3NSTi-. The molecule has 0 aliphatic heterocycles. The van der Waals surface area contributed by atoms with Crippen molar-refractivity contribution in [3.8, 4) is 0 Å². The zero-order chi connectivity index (χ0) is 16.7. The third-order valence-electron chi connectivity index (χ3n) is 2.56. The molecule has 0 saturated heterocycles. The molecule has 116 valence electrons. The third-order valence-corrected chi connectivity index (χ3v) is 3.11. The molecule has 0 bridgehead atoms. The van der Waals surface area contributed by atoms with E-state index in [-0.39, 0.29) is 0 Å². The molecular weight excluding hydrogens is 390 g/mol. The summed E-state index contributed by atoms with van der Waals surface area (Å²) in [7, 11) is 9.78. The summed E-state index contributed by atoms with van der Waals surface area (Å²) in [6, 6.07) is 6.46. The second kappa shape index (κ2) is 9.53. The molecule has 0 atom stereocenters. The fourth-order valence-corrected chi connectivity index (χ4v) is 1.76. The van der Waals surface area contributed by atoms with Crippen molar-refractivity contribution < 1.29 is 30.2 Å². The van der Waals surface area contributed by atoms with Gasteiger partial charge in [0, 0.05) is 18.3 Å². The van der Waals surface area contributed by atoms with Crippen LogP contribution in [0.15, 0.2) is 40.2 Å². The van der Waals surface area contributed by atoms with Crippen molar-refractivity contribution in [3.05, 3.63) is 58.9 Å². The molecule has 2 aromatic rings. The number of aryl methyl sites for hydroxylation is 1. The molecule has 0 fully saturated rings. The van der Waals surface area contributed by atoms with Gasteiger partial charge in [-0.15, -0.1) is 0 Å². The van der Waals surface area contributed by atoms with Gasteiger partial charge in [0.05, 0.1) is 0 Å². The molecule has 2 rings (SSSR count). The van der Waals surface area contributed by atoms with E-state index in [0.717, 1.165) is 5.56 Å². The van der Waals surface area contributed by atoms with Gasteiger partial charge >= 0.3 is 35.6 Å². The van der Waals surface area contributed by atoms with Crippen LogP contribution in [0.2, 0.25) is 0 Å². The monoisotopic (exact) mass is 398 g/mol. The summed E-state index contributed by atoms with van der Waals surface area (Å²) < 4.78 is 39.5. The van der Waals surface area contributed by atoms with Crippen LogP contribution in [0.5, 0.6) is 0 Å².